The van der Waals surface area contributed by atoms with Crippen molar-refractivity contribution < 1.29 is 9.47 Å². The number of morpholine rings is 1. The van der Waals surface area contributed by atoms with E-state index in [-0.39, 0.29) is 0 Å². The molecule has 6 heteroatoms. The van der Waals surface area contributed by atoms with Gasteiger partial charge < -0.3 is 19.5 Å². The topological polar surface area (TPSA) is 42.4 Å². The standard InChI is InChI=1S/C13H17N3O2S/c1-2-18-11-5-3-4-10-12(11)14-13(19)16(10)15-6-8-17-9-7-15/h3-5H,2,6-9H2,1H3,(H,14,19). The number of H-pyrrole nitrogens is 1. The predicted octanol–water partition coefficient (Wildman–Crippen LogP) is 2.07. The van der Waals surface area contributed by atoms with Crippen LogP contribution in [0.4, 0.5) is 0 Å². The number of para-hydroxylation sites is 1. The van der Waals surface area contributed by atoms with E-state index in [4.69, 9.17) is 21.7 Å². The zero-order valence-corrected chi connectivity index (χ0v) is 11.7. The Labute approximate surface area is 116 Å². The van der Waals surface area contributed by atoms with Crippen LogP contribution in [0.5, 0.6) is 5.75 Å². The zero-order chi connectivity index (χ0) is 13.2. The molecule has 1 aromatic heterocycles. The summed E-state index contributed by atoms with van der Waals surface area (Å²) in [5.74, 6) is 0.845. The first kappa shape index (κ1) is 12.5. The second kappa shape index (κ2) is 5.22. The first-order valence-electron chi connectivity index (χ1n) is 6.51. The van der Waals surface area contributed by atoms with Crippen molar-refractivity contribution in [3.63, 3.8) is 0 Å². The number of rotatable bonds is 3. The van der Waals surface area contributed by atoms with Crippen LogP contribution in [0.15, 0.2) is 18.2 Å². The normalized spacial score (nSPS) is 15.9. The van der Waals surface area contributed by atoms with Crippen molar-refractivity contribution in [1.29, 1.82) is 0 Å². The first-order valence-corrected chi connectivity index (χ1v) is 6.91. The zero-order valence-electron chi connectivity index (χ0n) is 10.9. The van der Waals surface area contributed by atoms with E-state index in [1.54, 1.807) is 0 Å². The Kier molecular flexibility index (Phi) is 3.44. The van der Waals surface area contributed by atoms with Crippen LogP contribution in [0.1, 0.15) is 6.92 Å². The molecule has 102 valence electrons. The third-order valence-corrected chi connectivity index (χ3v) is 3.50. The summed E-state index contributed by atoms with van der Waals surface area (Å²) in [5.41, 5.74) is 2.01. The van der Waals surface area contributed by atoms with Crippen LogP contribution in [0.25, 0.3) is 11.0 Å². The van der Waals surface area contributed by atoms with Crippen LogP contribution in [0.3, 0.4) is 0 Å². The number of aromatic nitrogens is 2. The highest BCUT2D eigenvalue weighted by molar-refractivity contribution is 7.71. The molecule has 0 radical (unpaired) electrons. The Bertz CT molecular complexity index is 628. The molecule has 1 saturated heterocycles. The maximum absolute atomic E-state index is 5.64. The smallest absolute Gasteiger partial charge is 0.197 e. The van der Waals surface area contributed by atoms with Gasteiger partial charge in [-0.1, -0.05) is 6.07 Å². The van der Waals surface area contributed by atoms with Crippen molar-refractivity contribution in [3.05, 3.63) is 23.0 Å². The molecule has 0 unspecified atom stereocenters. The molecule has 0 atom stereocenters. The molecule has 2 aromatic rings. The molecule has 0 spiro atoms. The Morgan fingerprint density at radius 2 is 2.16 bits per heavy atom. The van der Waals surface area contributed by atoms with Crippen LogP contribution in [-0.4, -0.2) is 42.6 Å². The van der Waals surface area contributed by atoms with Crippen molar-refractivity contribution >= 4 is 23.3 Å². The van der Waals surface area contributed by atoms with Gasteiger partial charge >= 0.3 is 0 Å². The molecule has 0 amide bonds. The molecule has 19 heavy (non-hydrogen) atoms. The molecule has 5 nitrogen and oxygen atoms in total. The summed E-state index contributed by atoms with van der Waals surface area (Å²) in [6, 6.07) is 6.01. The number of nitrogens with zero attached hydrogens (tertiary/aromatic N) is 2. The first-order chi connectivity index (χ1) is 9.31. The second-order valence-electron chi connectivity index (χ2n) is 4.39. The minimum absolute atomic E-state index is 0.641. The molecule has 3 rings (SSSR count). The van der Waals surface area contributed by atoms with Gasteiger partial charge in [0.2, 0.25) is 0 Å². The van der Waals surface area contributed by atoms with Gasteiger partial charge in [0.25, 0.3) is 0 Å². The number of hydrogen-bond donors (Lipinski definition) is 1. The molecule has 0 saturated carbocycles. The van der Waals surface area contributed by atoms with Gasteiger partial charge in [0, 0.05) is 0 Å². The molecule has 0 bridgehead atoms. The van der Waals surface area contributed by atoms with E-state index in [1.165, 1.54) is 0 Å². The van der Waals surface area contributed by atoms with Crippen LogP contribution in [0, 0.1) is 4.77 Å². The van der Waals surface area contributed by atoms with E-state index in [0.717, 1.165) is 43.1 Å². The number of benzene rings is 1. The van der Waals surface area contributed by atoms with Gasteiger partial charge in [0.05, 0.1) is 38.4 Å². The quantitative estimate of drug-likeness (QED) is 0.873. The van der Waals surface area contributed by atoms with Gasteiger partial charge in [-0.3, -0.25) is 0 Å². The number of fused-ring (bicyclic) bond motifs is 1. The Morgan fingerprint density at radius 1 is 1.37 bits per heavy atom. The fourth-order valence-electron chi connectivity index (χ4n) is 2.40. The van der Waals surface area contributed by atoms with E-state index >= 15 is 0 Å². The average Bonchev–Trinajstić information content (AvgIpc) is 2.77. The molecule has 1 fully saturated rings. The van der Waals surface area contributed by atoms with Crippen molar-refractivity contribution in [2.24, 2.45) is 0 Å². The second-order valence-corrected chi connectivity index (χ2v) is 4.78. The van der Waals surface area contributed by atoms with Gasteiger partial charge in [-0.15, -0.1) is 0 Å². The van der Waals surface area contributed by atoms with E-state index in [2.05, 4.69) is 20.7 Å². The fourth-order valence-corrected chi connectivity index (χ4v) is 2.72. The Morgan fingerprint density at radius 3 is 2.89 bits per heavy atom. The summed E-state index contributed by atoms with van der Waals surface area (Å²) < 4.78 is 13.8. The van der Waals surface area contributed by atoms with Crippen molar-refractivity contribution in [2.45, 2.75) is 6.92 Å². The van der Waals surface area contributed by atoms with Crippen molar-refractivity contribution in [1.82, 2.24) is 9.66 Å². The van der Waals surface area contributed by atoms with Gasteiger partial charge in [-0.05, 0) is 31.3 Å². The van der Waals surface area contributed by atoms with Crippen molar-refractivity contribution in [2.75, 3.05) is 37.9 Å². The molecule has 1 aliphatic heterocycles. The minimum atomic E-state index is 0.641. The van der Waals surface area contributed by atoms with E-state index in [9.17, 15) is 0 Å². The lowest BCUT2D eigenvalue weighted by Crippen LogP contribution is -2.43. The minimum Gasteiger partial charge on any atom is -0.492 e. The Hall–Kier alpha value is -1.53. The number of ether oxygens (including phenoxy) is 2. The monoisotopic (exact) mass is 279 g/mol. The molecule has 1 aromatic carbocycles. The molecule has 1 aliphatic rings. The van der Waals surface area contributed by atoms with E-state index in [0.29, 0.717) is 11.4 Å². The average molecular weight is 279 g/mol. The van der Waals surface area contributed by atoms with Gasteiger partial charge in [-0.25, -0.2) is 4.68 Å². The fraction of sp³-hybridized carbons (Fsp3) is 0.462. The highest BCUT2D eigenvalue weighted by Crippen LogP contribution is 2.25. The molecule has 0 aliphatic carbocycles. The number of hydrogen-bond acceptors (Lipinski definition) is 4. The molecular formula is C13H17N3O2S. The lowest BCUT2D eigenvalue weighted by molar-refractivity contribution is 0.111. The lowest BCUT2D eigenvalue weighted by atomic mass is 10.3. The molecular weight excluding hydrogens is 262 g/mol. The maximum atomic E-state index is 5.64. The third kappa shape index (κ3) is 2.21. The highest BCUT2D eigenvalue weighted by atomic mass is 32.1. The summed E-state index contributed by atoms with van der Waals surface area (Å²) in [5, 5.41) is 2.21. The van der Waals surface area contributed by atoms with Gasteiger partial charge in [0.1, 0.15) is 11.3 Å². The van der Waals surface area contributed by atoms with Gasteiger partial charge in [-0.2, -0.15) is 0 Å². The largest absolute Gasteiger partial charge is 0.492 e. The summed E-state index contributed by atoms with van der Waals surface area (Å²) >= 11 is 5.45. The Balaban J connectivity index is 2.11. The maximum Gasteiger partial charge on any atom is 0.197 e. The molecule has 2 heterocycles. The SMILES string of the molecule is CCOc1cccc2c1[nH]c(=S)n2N1CCOCC1. The predicted molar refractivity (Wildman–Crippen MR) is 77.1 cm³/mol. The van der Waals surface area contributed by atoms with Crippen LogP contribution in [-0.2, 0) is 4.74 Å². The van der Waals surface area contributed by atoms with Gasteiger partial charge in [0.15, 0.2) is 4.77 Å². The van der Waals surface area contributed by atoms with Crippen molar-refractivity contribution in [3.8, 4) is 5.75 Å². The molecule has 1 N–H and O–H groups in total. The summed E-state index contributed by atoms with van der Waals surface area (Å²) in [7, 11) is 0. The summed E-state index contributed by atoms with van der Waals surface area (Å²) in [6.45, 7) is 5.79. The third-order valence-electron chi connectivity index (χ3n) is 3.23. The van der Waals surface area contributed by atoms with Crippen LogP contribution < -0.4 is 9.75 Å². The highest BCUT2D eigenvalue weighted by Gasteiger charge is 2.16. The van der Waals surface area contributed by atoms with Crippen LogP contribution >= 0.6 is 12.2 Å². The van der Waals surface area contributed by atoms with E-state index in [1.807, 2.05) is 19.1 Å². The summed E-state index contributed by atoms with van der Waals surface area (Å²) in [6.07, 6.45) is 0. The number of imidazole rings is 1. The number of nitrogens with one attached hydrogen (secondary N) is 1. The summed E-state index contributed by atoms with van der Waals surface area (Å²) in [4.78, 5) is 3.25. The van der Waals surface area contributed by atoms with E-state index < -0.39 is 0 Å². The lowest BCUT2D eigenvalue weighted by Gasteiger charge is -2.29. The van der Waals surface area contributed by atoms with Crippen LogP contribution in [0.2, 0.25) is 0 Å². The number of aromatic amines is 1.